The van der Waals surface area contributed by atoms with Gasteiger partial charge in [-0.1, -0.05) is 6.92 Å². The molecule has 2 atom stereocenters. The molecule has 1 amide bonds. The number of thiol groups is 1. The summed E-state index contributed by atoms with van der Waals surface area (Å²) in [4.78, 5) is 47.3. The number of rotatable bonds is 9. The second kappa shape index (κ2) is 12.1. The zero-order valence-corrected chi connectivity index (χ0v) is 20.7. The van der Waals surface area contributed by atoms with E-state index in [-0.39, 0.29) is 18.6 Å². The summed E-state index contributed by atoms with van der Waals surface area (Å²) in [6.45, 7) is 0.900. The van der Waals surface area contributed by atoms with Crippen LogP contribution in [0.15, 0.2) is 0 Å². The molecule has 9 nitrogen and oxygen atoms in total. The molecule has 10 heteroatoms. The van der Waals surface area contributed by atoms with E-state index in [0.717, 1.165) is 29.8 Å². The number of carbonyl (C=O) groups excluding carboxylic acids is 3. The first-order valence-corrected chi connectivity index (χ1v) is 12.2. The van der Waals surface area contributed by atoms with Crippen LogP contribution in [0.2, 0.25) is 0 Å². The normalized spacial score (nSPS) is 28.7. The molecule has 4 aliphatic carbocycles. The number of methoxy groups -OCH3 is 2. The number of carboxylic acids is 1. The maximum Gasteiger partial charge on any atom is 0.328 e. The molecule has 4 fully saturated rings. The van der Waals surface area contributed by atoms with E-state index in [0.29, 0.717) is 5.54 Å². The predicted octanol–water partition coefficient (Wildman–Crippen LogP) is 1.87. The molecule has 3 N–H and O–H groups in total. The van der Waals surface area contributed by atoms with E-state index in [2.05, 4.69) is 22.1 Å². The van der Waals surface area contributed by atoms with E-state index in [9.17, 15) is 19.2 Å². The van der Waals surface area contributed by atoms with Gasteiger partial charge in [-0.05, 0) is 62.7 Å². The van der Waals surface area contributed by atoms with Crippen molar-refractivity contribution in [1.29, 1.82) is 0 Å². The third-order valence-corrected chi connectivity index (χ3v) is 7.62. The number of aliphatic carboxylic acids is 1. The molecule has 0 unspecified atom stereocenters. The van der Waals surface area contributed by atoms with E-state index in [4.69, 9.17) is 10.8 Å². The molecule has 188 valence electrons. The van der Waals surface area contributed by atoms with Crippen LogP contribution in [0, 0.1) is 23.7 Å². The molecule has 4 rings (SSSR count). The maximum atomic E-state index is 12.3. The van der Waals surface area contributed by atoms with Gasteiger partial charge >= 0.3 is 17.9 Å². The van der Waals surface area contributed by atoms with Gasteiger partial charge in [0.05, 0.1) is 14.2 Å². The van der Waals surface area contributed by atoms with Gasteiger partial charge < -0.3 is 25.2 Å². The molecule has 0 aliphatic heterocycles. The van der Waals surface area contributed by atoms with Gasteiger partial charge in [0, 0.05) is 23.6 Å². The Morgan fingerprint density at radius 3 is 1.94 bits per heavy atom. The smallest absolute Gasteiger partial charge is 0.328 e. The number of nitrogens with zero attached hydrogens (tertiary/aromatic N) is 1. The molecule has 33 heavy (non-hydrogen) atoms. The minimum Gasteiger partial charge on any atom is -0.480 e. The average molecular weight is 487 g/mol. The third kappa shape index (κ3) is 7.60. The summed E-state index contributed by atoms with van der Waals surface area (Å²) in [5, 5.41) is 8.96. The monoisotopic (exact) mass is 486 g/mol. The number of esters is 2. The Labute approximate surface area is 201 Å². The Kier molecular flexibility index (Phi) is 10.0. The summed E-state index contributed by atoms with van der Waals surface area (Å²) >= 11 is 4.00. The summed E-state index contributed by atoms with van der Waals surface area (Å²) in [5.74, 6) is -0.496. The van der Waals surface area contributed by atoms with Crippen LogP contribution in [0.5, 0.6) is 0 Å². The van der Waals surface area contributed by atoms with Crippen LogP contribution in [-0.4, -0.2) is 71.9 Å². The van der Waals surface area contributed by atoms with Gasteiger partial charge in [0.25, 0.3) is 0 Å². The highest BCUT2D eigenvalue weighted by molar-refractivity contribution is 7.80. The maximum absolute atomic E-state index is 12.3. The summed E-state index contributed by atoms with van der Waals surface area (Å²) in [6, 6.07) is -1.17. The molecule has 0 aromatic rings. The number of carbonyl (C=O) groups is 4. The molecule has 4 bridgehead atoms. The van der Waals surface area contributed by atoms with Gasteiger partial charge in [-0.15, -0.1) is 0 Å². The molecule has 0 aromatic heterocycles. The first kappa shape index (κ1) is 27.4. The van der Waals surface area contributed by atoms with Crippen molar-refractivity contribution < 1.29 is 33.8 Å². The summed E-state index contributed by atoms with van der Waals surface area (Å²) in [7, 11) is 2.32. The quantitative estimate of drug-likeness (QED) is 0.332. The van der Waals surface area contributed by atoms with Crippen molar-refractivity contribution in [1.82, 2.24) is 4.90 Å². The number of hydrogen-bond donors (Lipinski definition) is 3. The van der Waals surface area contributed by atoms with Crippen LogP contribution < -0.4 is 5.73 Å². The van der Waals surface area contributed by atoms with Crippen LogP contribution in [-0.2, 0) is 28.7 Å². The van der Waals surface area contributed by atoms with Crippen LogP contribution in [0.25, 0.3) is 0 Å². The van der Waals surface area contributed by atoms with E-state index in [1.807, 2.05) is 0 Å². The van der Waals surface area contributed by atoms with E-state index < -0.39 is 42.3 Å². The zero-order valence-electron chi connectivity index (χ0n) is 19.8. The lowest BCUT2D eigenvalue weighted by molar-refractivity contribution is -0.158. The molecule has 4 saturated carbocycles. The molecular formula is C23H38N2O7S. The lowest BCUT2D eigenvalue weighted by Crippen LogP contribution is -2.55. The van der Waals surface area contributed by atoms with Crippen LogP contribution in [0.3, 0.4) is 0 Å². The molecule has 0 spiro atoms. The van der Waals surface area contributed by atoms with Crippen LogP contribution >= 0.6 is 12.6 Å². The van der Waals surface area contributed by atoms with Gasteiger partial charge in [0.2, 0.25) is 5.91 Å². The van der Waals surface area contributed by atoms with Crippen molar-refractivity contribution in [3.63, 3.8) is 0 Å². The highest BCUT2D eigenvalue weighted by Crippen LogP contribution is 2.54. The fourth-order valence-electron chi connectivity index (χ4n) is 5.92. The van der Waals surface area contributed by atoms with Gasteiger partial charge in [-0.3, -0.25) is 14.4 Å². The van der Waals surface area contributed by atoms with Gasteiger partial charge in [-0.25, -0.2) is 4.79 Å². The standard InChI is InChI=1S/C13H21NO7S.C10H17N/c1-8(7-22)12(18)14(6-10(15)16)9(13(19)21-3)4-5-11(17)20-2;11-10-4-7-1-8(5-10)3-9(2-7)6-10/h8-9,22H,4-7H2,1-3H3,(H,15,16);7-9H,1-6,11H2/t8-,9-;/m1./s1. The van der Waals surface area contributed by atoms with Gasteiger partial charge in [-0.2, -0.15) is 12.6 Å². The predicted molar refractivity (Wildman–Crippen MR) is 125 cm³/mol. The van der Waals surface area contributed by atoms with Crippen molar-refractivity contribution in [2.45, 2.75) is 69.9 Å². The fourth-order valence-corrected chi connectivity index (χ4v) is 6.08. The fraction of sp³-hybridized carbons (Fsp3) is 0.826. The Morgan fingerprint density at radius 1 is 1.06 bits per heavy atom. The van der Waals surface area contributed by atoms with E-state index in [1.54, 1.807) is 6.92 Å². The number of hydrogen-bond acceptors (Lipinski definition) is 8. The molecular weight excluding hydrogens is 448 g/mol. The Morgan fingerprint density at radius 2 is 1.58 bits per heavy atom. The summed E-state index contributed by atoms with van der Waals surface area (Å²) < 4.78 is 9.09. The van der Waals surface area contributed by atoms with Crippen molar-refractivity contribution >= 4 is 36.4 Å². The van der Waals surface area contributed by atoms with Gasteiger partial charge in [0.1, 0.15) is 12.6 Å². The highest BCUT2D eigenvalue weighted by Gasteiger charge is 2.48. The number of amides is 1. The zero-order chi connectivity index (χ0) is 24.8. The minimum atomic E-state index is -1.27. The summed E-state index contributed by atoms with van der Waals surface area (Å²) in [5.41, 5.74) is 6.62. The number of nitrogens with two attached hydrogens (primary N) is 1. The Bertz CT molecular complexity index is 694. The first-order valence-electron chi connectivity index (χ1n) is 11.6. The average Bonchev–Trinajstić information content (AvgIpc) is 2.75. The van der Waals surface area contributed by atoms with Crippen LogP contribution in [0.4, 0.5) is 0 Å². The molecule has 0 saturated heterocycles. The van der Waals surface area contributed by atoms with Crippen molar-refractivity contribution in [3.05, 3.63) is 0 Å². The van der Waals surface area contributed by atoms with Gasteiger partial charge in [0.15, 0.2) is 0 Å². The molecule has 4 aliphatic rings. The molecule has 0 radical (unpaired) electrons. The summed E-state index contributed by atoms with van der Waals surface area (Å²) in [6.07, 6.45) is 8.34. The molecule has 0 aromatic carbocycles. The Hall–Kier alpha value is -1.81. The Balaban J connectivity index is 0.000000283. The van der Waals surface area contributed by atoms with Crippen LogP contribution in [0.1, 0.15) is 58.3 Å². The topological polar surface area (TPSA) is 136 Å². The van der Waals surface area contributed by atoms with Crippen molar-refractivity contribution in [2.75, 3.05) is 26.5 Å². The van der Waals surface area contributed by atoms with E-state index >= 15 is 0 Å². The molecule has 0 heterocycles. The lowest BCUT2D eigenvalue weighted by atomic mass is 9.53. The largest absolute Gasteiger partial charge is 0.480 e. The second-order valence-electron chi connectivity index (χ2n) is 9.88. The lowest BCUT2D eigenvalue weighted by Gasteiger charge is -2.55. The first-order chi connectivity index (χ1) is 15.5. The minimum absolute atomic E-state index is 0.0857. The number of ether oxygens (including phenoxy) is 2. The van der Waals surface area contributed by atoms with Crippen molar-refractivity contribution in [2.24, 2.45) is 29.4 Å². The third-order valence-electron chi connectivity index (χ3n) is 7.07. The van der Waals surface area contributed by atoms with E-state index in [1.165, 1.54) is 45.6 Å². The second-order valence-corrected chi connectivity index (χ2v) is 10.2. The SMILES string of the molecule is COC(=O)CC[C@H](C(=O)OC)N(CC(=O)O)C(=O)[C@H](C)CS.NC12CC3CC(CC(C3)C1)C2. The number of carboxylic acid groups (broad SMARTS) is 1. The highest BCUT2D eigenvalue weighted by atomic mass is 32.1. The van der Waals surface area contributed by atoms with Crippen molar-refractivity contribution in [3.8, 4) is 0 Å².